The molecule has 96 valence electrons. The van der Waals surface area contributed by atoms with Gasteiger partial charge in [0.25, 0.3) is 0 Å². The Morgan fingerprint density at radius 3 is 2.53 bits per heavy atom. The predicted octanol–water partition coefficient (Wildman–Crippen LogP) is 3.01. The maximum absolute atomic E-state index is 12.2. The van der Waals surface area contributed by atoms with Crippen molar-refractivity contribution in [3.8, 4) is 11.5 Å². The minimum absolute atomic E-state index is 0.00914. The molecule has 0 heterocycles. The van der Waals surface area contributed by atoms with Crippen LogP contribution in [-0.4, -0.2) is 18.4 Å². The molecule has 0 aliphatic heterocycles. The first kappa shape index (κ1) is 13.9. The highest BCUT2D eigenvalue weighted by atomic mass is 35.5. The smallest absolute Gasteiger partial charge is 0.390 e. The highest BCUT2D eigenvalue weighted by Crippen LogP contribution is 2.38. The van der Waals surface area contributed by atoms with E-state index in [4.69, 9.17) is 22.1 Å². The molecule has 0 aliphatic rings. The maximum atomic E-state index is 12.2. The van der Waals surface area contributed by atoms with Gasteiger partial charge in [-0.1, -0.05) is 11.6 Å². The van der Waals surface area contributed by atoms with E-state index < -0.39 is 18.6 Å². The number of rotatable bonds is 3. The summed E-state index contributed by atoms with van der Waals surface area (Å²) in [7, 11) is 1.27. The summed E-state index contributed by atoms with van der Waals surface area (Å²) >= 11 is 5.65. The third-order valence-electron chi connectivity index (χ3n) is 2.15. The fourth-order valence-electron chi connectivity index (χ4n) is 1.33. The van der Waals surface area contributed by atoms with Crippen molar-refractivity contribution < 1.29 is 23.0 Å². The Morgan fingerprint density at radius 1 is 1.47 bits per heavy atom. The number of methoxy groups -OCH3 is 1. The van der Waals surface area contributed by atoms with Gasteiger partial charge in [-0.05, 0) is 17.7 Å². The molecule has 7 heteroatoms. The van der Waals surface area contributed by atoms with Crippen molar-refractivity contribution in [3.05, 3.63) is 22.7 Å². The zero-order valence-corrected chi connectivity index (χ0v) is 9.64. The first-order valence-electron chi connectivity index (χ1n) is 4.63. The third-order valence-corrected chi connectivity index (χ3v) is 2.44. The van der Waals surface area contributed by atoms with Crippen LogP contribution in [0.2, 0.25) is 5.02 Å². The van der Waals surface area contributed by atoms with Gasteiger partial charge in [0, 0.05) is 6.04 Å². The van der Waals surface area contributed by atoms with Crippen LogP contribution in [0.4, 0.5) is 13.2 Å². The van der Waals surface area contributed by atoms with Gasteiger partial charge < -0.3 is 15.6 Å². The molecule has 0 saturated carbocycles. The van der Waals surface area contributed by atoms with Crippen molar-refractivity contribution in [1.29, 1.82) is 0 Å². The maximum Gasteiger partial charge on any atom is 0.390 e. The third kappa shape index (κ3) is 3.67. The number of halogens is 4. The highest BCUT2D eigenvalue weighted by molar-refractivity contribution is 6.32. The lowest BCUT2D eigenvalue weighted by molar-refractivity contribution is -0.138. The molecule has 1 aromatic carbocycles. The lowest BCUT2D eigenvalue weighted by Gasteiger charge is -2.16. The number of hydrogen-bond acceptors (Lipinski definition) is 3. The molecule has 0 unspecified atom stereocenters. The number of ether oxygens (including phenoxy) is 1. The van der Waals surface area contributed by atoms with E-state index in [1.807, 2.05) is 0 Å². The van der Waals surface area contributed by atoms with Gasteiger partial charge in [0.15, 0.2) is 11.5 Å². The van der Waals surface area contributed by atoms with Crippen molar-refractivity contribution >= 4 is 11.6 Å². The second-order valence-corrected chi connectivity index (χ2v) is 3.89. The Labute approximate surface area is 101 Å². The Bertz CT molecular complexity index is 409. The fourth-order valence-corrected chi connectivity index (χ4v) is 1.55. The molecule has 0 aliphatic carbocycles. The first-order chi connectivity index (χ1) is 7.74. The summed E-state index contributed by atoms with van der Waals surface area (Å²) in [4.78, 5) is 0. The summed E-state index contributed by atoms with van der Waals surface area (Å²) in [6.45, 7) is 0. The topological polar surface area (TPSA) is 55.5 Å². The Morgan fingerprint density at radius 2 is 2.06 bits per heavy atom. The average molecular weight is 270 g/mol. The fraction of sp³-hybridized carbons (Fsp3) is 0.400. The number of aromatic hydroxyl groups is 1. The molecule has 17 heavy (non-hydrogen) atoms. The van der Waals surface area contributed by atoms with E-state index in [9.17, 15) is 18.3 Å². The zero-order chi connectivity index (χ0) is 13.2. The molecular formula is C10H11ClF3NO2. The molecule has 1 rings (SSSR count). The molecule has 0 spiro atoms. The van der Waals surface area contributed by atoms with Gasteiger partial charge in [0.1, 0.15) is 0 Å². The highest BCUT2D eigenvalue weighted by Gasteiger charge is 2.31. The van der Waals surface area contributed by atoms with Crippen molar-refractivity contribution in [2.45, 2.75) is 18.6 Å². The quantitative estimate of drug-likeness (QED) is 0.887. The second kappa shape index (κ2) is 5.01. The lowest BCUT2D eigenvalue weighted by atomic mass is 10.0. The van der Waals surface area contributed by atoms with Crippen LogP contribution in [0.15, 0.2) is 12.1 Å². The van der Waals surface area contributed by atoms with Gasteiger partial charge in [0.2, 0.25) is 0 Å². The molecule has 0 radical (unpaired) electrons. The van der Waals surface area contributed by atoms with Crippen molar-refractivity contribution in [3.63, 3.8) is 0 Å². The van der Waals surface area contributed by atoms with E-state index >= 15 is 0 Å². The Hall–Kier alpha value is -1.14. The molecule has 0 aromatic heterocycles. The van der Waals surface area contributed by atoms with Gasteiger partial charge in [0.05, 0.1) is 18.6 Å². The molecule has 3 nitrogen and oxygen atoms in total. The molecule has 0 saturated heterocycles. The van der Waals surface area contributed by atoms with Crippen LogP contribution in [0.5, 0.6) is 11.5 Å². The zero-order valence-electron chi connectivity index (χ0n) is 8.88. The van der Waals surface area contributed by atoms with Gasteiger partial charge >= 0.3 is 6.18 Å². The molecular weight excluding hydrogens is 259 g/mol. The van der Waals surface area contributed by atoms with Gasteiger partial charge in [-0.25, -0.2) is 0 Å². The first-order valence-corrected chi connectivity index (χ1v) is 5.01. The van der Waals surface area contributed by atoms with Crippen molar-refractivity contribution in [2.75, 3.05) is 7.11 Å². The van der Waals surface area contributed by atoms with Crippen LogP contribution in [0, 0.1) is 0 Å². The number of benzene rings is 1. The SMILES string of the molecule is COc1cc([C@@H](N)CC(F)(F)F)cc(Cl)c1O. The van der Waals surface area contributed by atoms with Crippen LogP contribution in [-0.2, 0) is 0 Å². The summed E-state index contributed by atoms with van der Waals surface area (Å²) in [5.41, 5.74) is 5.56. The number of nitrogens with two attached hydrogens (primary N) is 1. The van der Waals surface area contributed by atoms with Crippen LogP contribution in [0.3, 0.4) is 0 Å². The largest absolute Gasteiger partial charge is 0.503 e. The van der Waals surface area contributed by atoms with Gasteiger partial charge in [-0.2, -0.15) is 13.2 Å². The summed E-state index contributed by atoms with van der Waals surface area (Å²) in [6.07, 6.45) is -5.53. The predicted molar refractivity (Wildman–Crippen MR) is 57.3 cm³/mol. The normalized spacial score (nSPS) is 13.5. The van der Waals surface area contributed by atoms with E-state index in [0.29, 0.717) is 0 Å². The Balaban J connectivity index is 3.03. The van der Waals surface area contributed by atoms with Crippen molar-refractivity contribution in [1.82, 2.24) is 0 Å². The number of phenols is 1. The molecule has 3 N–H and O–H groups in total. The summed E-state index contributed by atoms with van der Waals surface area (Å²) in [5, 5.41) is 9.32. The van der Waals surface area contributed by atoms with Gasteiger partial charge in [-0.15, -0.1) is 0 Å². The lowest BCUT2D eigenvalue weighted by Crippen LogP contribution is -2.20. The number of alkyl halides is 3. The van der Waals surface area contributed by atoms with Crippen LogP contribution in [0.1, 0.15) is 18.0 Å². The standard InChI is InChI=1S/C10H11ClF3NO2/c1-17-8-3-5(2-6(11)9(8)16)7(15)4-10(12,13)14/h2-3,7,16H,4,15H2,1H3/t7-/m0/s1. The molecule has 1 atom stereocenters. The Kier molecular flexibility index (Phi) is 4.11. The van der Waals surface area contributed by atoms with Crippen LogP contribution < -0.4 is 10.5 Å². The molecule has 0 amide bonds. The van der Waals surface area contributed by atoms with Crippen LogP contribution in [0.25, 0.3) is 0 Å². The van der Waals surface area contributed by atoms with E-state index in [2.05, 4.69) is 0 Å². The second-order valence-electron chi connectivity index (χ2n) is 3.48. The van der Waals surface area contributed by atoms with Crippen molar-refractivity contribution in [2.24, 2.45) is 5.73 Å². The van der Waals surface area contributed by atoms with Gasteiger partial charge in [-0.3, -0.25) is 0 Å². The minimum atomic E-state index is -4.36. The summed E-state index contributed by atoms with van der Waals surface area (Å²) in [5.74, 6) is -0.331. The van der Waals surface area contributed by atoms with E-state index in [1.165, 1.54) is 19.2 Å². The summed E-state index contributed by atoms with van der Waals surface area (Å²) < 4.78 is 41.3. The average Bonchev–Trinajstić information content (AvgIpc) is 2.19. The van der Waals surface area contributed by atoms with E-state index in [0.717, 1.165) is 0 Å². The monoisotopic (exact) mass is 269 g/mol. The molecule has 0 bridgehead atoms. The van der Waals surface area contributed by atoms with Crippen LogP contribution >= 0.6 is 11.6 Å². The van der Waals surface area contributed by atoms with E-state index in [-0.39, 0.29) is 22.1 Å². The number of phenolic OH excluding ortho intramolecular Hbond substituents is 1. The molecule has 0 fully saturated rings. The minimum Gasteiger partial charge on any atom is -0.503 e. The number of hydrogen-bond donors (Lipinski definition) is 2. The molecule has 1 aromatic rings. The van der Waals surface area contributed by atoms with E-state index in [1.54, 1.807) is 0 Å². The summed E-state index contributed by atoms with van der Waals surface area (Å²) in [6, 6.07) is 1.18.